The number of hydrogen-bond acceptors (Lipinski definition) is 4. The van der Waals surface area contributed by atoms with Crippen molar-refractivity contribution in [3.05, 3.63) is 30.3 Å². The van der Waals surface area contributed by atoms with Gasteiger partial charge in [-0.25, -0.2) is 8.42 Å². The van der Waals surface area contributed by atoms with E-state index in [1.165, 1.54) is 6.26 Å². The Labute approximate surface area is 145 Å². The summed E-state index contributed by atoms with van der Waals surface area (Å²) in [6.07, 6.45) is 2.62. The fourth-order valence-electron chi connectivity index (χ4n) is 1.98. The second kappa shape index (κ2) is 10.9. The summed E-state index contributed by atoms with van der Waals surface area (Å²) < 4.78 is 28.1. The summed E-state index contributed by atoms with van der Waals surface area (Å²) in [7, 11) is -2.93. The van der Waals surface area contributed by atoms with E-state index in [0.29, 0.717) is 25.5 Å². The Balaban J connectivity index is 2.33. The van der Waals surface area contributed by atoms with E-state index in [4.69, 9.17) is 4.74 Å². The maximum absolute atomic E-state index is 11.2. The molecule has 1 rings (SSSR count). The van der Waals surface area contributed by atoms with Gasteiger partial charge in [0.2, 0.25) is 0 Å². The molecular formula is C17H29N3O3S. The third kappa shape index (κ3) is 10.1. The number of guanidine groups is 1. The average molecular weight is 356 g/mol. The molecule has 136 valence electrons. The maximum Gasteiger partial charge on any atom is 0.191 e. The normalized spacial score (nSPS) is 13.4. The van der Waals surface area contributed by atoms with E-state index in [0.717, 1.165) is 18.7 Å². The summed E-state index contributed by atoms with van der Waals surface area (Å²) >= 11 is 0. The summed E-state index contributed by atoms with van der Waals surface area (Å²) in [5.41, 5.74) is 0. The molecule has 0 aliphatic rings. The number of sulfone groups is 1. The molecule has 0 radical (unpaired) electrons. The molecule has 1 unspecified atom stereocenters. The summed E-state index contributed by atoms with van der Waals surface area (Å²) in [6.45, 7) is 5.95. The Kier molecular flexibility index (Phi) is 9.22. The summed E-state index contributed by atoms with van der Waals surface area (Å²) in [5, 5.41) is 6.40. The lowest BCUT2D eigenvalue weighted by atomic mass is 10.3. The first kappa shape index (κ1) is 20.3. The molecule has 1 atom stereocenters. The highest BCUT2D eigenvalue weighted by Crippen LogP contribution is 2.08. The number of nitrogens with zero attached hydrogens (tertiary/aromatic N) is 1. The van der Waals surface area contributed by atoms with Gasteiger partial charge in [-0.3, -0.25) is 4.99 Å². The van der Waals surface area contributed by atoms with Crippen LogP contribution in [-0.2, 0) is 9.84 Å². The monoisotopic (exact) mass is 355 g/mol. The second-order valence-corrected chi connectivity index (χ2v) is 8.00. The fraction of sp³-hybridized carbons (Fsp3) is 0.588. The van der Waals surface area contributed by atoms with Crippen LogP contribution < -0.4 is 15.4 Å². The fourth-order valence-corrected chi connectivity index (χ4v) is 2.76. The zero-order chi connectivity index (χ0) is 17.8. The Morgan fingerprint density at radius 2 is 2.00 bits per heavy atom. The molecule has 1 aromatic carbocycles. The molecule has 0 fully saturated rings. The molecule has 0 amide bonds. The highest BCUT2D eigenvalue weighted by atomic mass is 32.2. The molecule has 0 saturated heterocycles. The van der Waals surface area contributed by atoms with Gasteiger partial charge in [0.15, 0.2) is 5.96 Å². The summed E-state index contributed by atoms with van der Waals surface area (Å²) in [4.78, 5) is 4.49. The minimum absolute atomic E-state index is 0.0399. The molecule has 0 aromatic heterocycles. The topological polar surface area (TPSA) is 79.8 Å². The quantitative estimate of drug-likeness (QED) is 0.380. The molecule has 24 heavy (non-hydrogen) atoms. The van der Waals surface area contributed by atoms with Crippen LogP contribution in [0.5, 0.6) is 5.75 Å². The van der Waals surface area contributed by atoms with Crippen molar-refractivity contribution in [2.75, 3.05) is 31.7 Å². The van der Waals surface area contributed by atoms with Crippen LogP contribution in [0.4, 0.5) is 0 Å². The Bertz CT molecular complexity index is 588. The van der Waals surface area contributed by atoms with Crippen LogP contribution in [0.1, 0.15) is 26.7 Å². The van der Waals surface area contributed by atoms with E-state index in [1.54, 1.807) is 0 Å². The standard InChI is InChI=1S/C17H29N3O3S/c1-4-18-17(20-15(2)11-14-24(3,21)22)19-12-8-13-23-16-9-6-5-7-10-16/h5-7,9-10,15H,4,8,11-14H2,1-3H3,(H2,18,19,20). The number of nitrogens with one attached hydrogen (secondary N) is 2. The van der Waals surface area contributed by atoms with Gasteiger partial charge < -0.3 is 15.4 Å². The molecule has 0 saturated carbocycles. The second-order valence-electron chi connectivity index (χ2n) is 5.74. The first-order valence-electron chi connectivity index (χ1n) is 8.31. The van der Waals surface area contributed by atoms with E-state index >= 15 is 0 Å². The van der Waals surface area contributed by atoms with Gasteiger partial charge in [-0.1, -0.05) is 18.2 Å². The van der Waals surface area contributed by atoms with Gasteiger partial charge in [0, 0.05) is 31.8 Å². The molecule has 0 aliphatic carbocycles. The molecule has 1 aromatic rings. The van der Waals surface area contributed by atoms with Crippen LogP contribution >= 0.6 is 0 Å². The van der Waals surface area contributed by atoms with Crippen LogP contribution in [0.3, 0.4) is 0 Å². The predicted octanol–water partition coefficient (Wildman–Crippen LogP) is 1.83. The molecule has 7 heteroatoms. The molecule has 2 N–H and O–H groups in total. The molecule has 0 aliphatic heterocycles. The van der Waals surface area contributed by atoms with E-state index in [2.05, 4.69) is 15.6 Å². The van der Waals surface area contributed by atoms with Crippen molar-refractivity contribution in [2.45, 2.75) is 32.7 Å². The summed E-state index contributed by atoms with van der Waals surface area (Å²) in [5.74, 6) is 1.74. The van der Waals surface area contributed by atoms with Crippen LogP contribution in [-0.4, -0.2) is 52.1 Å². The summed E-state index contributed by atoms with van der Waals surface area (Å²) in [6, 6.07) is 9.74. The minimum Gasteiger partial charge on any atom is -0.494 e. The first-order valence-corrected chi connectivity index (χ1v) is 10.4. The van der Waals surface area contributed by atoms with Gasteiger partial charge in [0.05, 0.1) is 12.4 Å². The van der Waals surface area contributed by atoms with E-state index < -0.39 is 9.84 Å². The smallest absolute Gasteiger partial charge is 0.191 e. The Hall–Kier alpha value is -1.76. The Morgan fingerprint density at radius 1 is 1.29 bits per heavy atom. The molecule has 0 bridgehead atoms. The lowest BCUT2D eigenvalue weighted by Crippen LogP contribution is -2.43. The lowest BCUT2D eigenvalue weighted by molar-refractivity contribution is 0.313. The first-order chi connectivity index (χ1) is 11.4. The van der Waals surface area contributed by atoms with Crippen molar-refractivity contribution in [1.29, 1.82) is 0 Å². The number of ether oxygens (including phenoxy) is 1. The van der Waals surface area contributed by atoms with Crippen LogP contribution in [0.2, 0.25) is 0 Å². The van der Waals surface area contributed by atoms with Crippen molar-refractivity contribution in [1.82, 2.24) is 10.6 Å². The highest BCUT2D eigenvalue weighted by Gasteiger charge is 2.09. The largest absolute Gasteiger partial charge is 0.494 e. The molecular weight excluding hydrogens is 326 g/mol. The highest BCUT2D eigenvalue weighted by molar-refractivity contribution is 7.90. The van der Waals surface area contributed by atoms with Crippen LogP contribution in [0, 0.1) is 0 Å². The van der Waals surface area contributed by atoms with Crippen molar-refractivity contribution < 1.29 is 13.2 Å². The van der Waals surface area contributed by atoms with E-state index in [9.17, 15) is 8.42 Å². The molecule has 0 heterocycles. The molecule has 6 nitrogen and oxygen atoms in total. The van der Waals surface area contributed by atoms with Gasteiger partial charge in [0.25, 0.3) is 0 Å². The zero-order valence-corrected chi connectivity index (χ0v) is 15.6. The maximum atomic E-state index is 11.2. The van der Waals surface area contributed by atoms with Crippen molar-refractivity contribution >= 4 is 15.8 Å². The van der Waals surface area contributed by atoms with Gasteiger partial charge >= 0.3 is 0 Å². The molecule has 0 spiro atoms. The van der Waals surface area contributed by atoms with Crippen molar-refractivity contribution in [3.63, 3.8) is 0 Å². The number of rotatable bonds is 10. The lowest BCUT2D eigenvalue weighted by Gasteiger charge is -2.17. The number of aliphatic imine (C=N–C) groups is 1. The van der Waals surface area contributed by atoms with Gasteiger partial charge in [0.1, 0.15) is 15.6 Å². The predicted molar refractivity (Wildman–Crippen MR) is 99.5 cm³/mol. The number of hydrogen-bond donors (Lipinski definition) is 2. The van der Waals surface area contributed by atoms with Crippen molar-refractivity contribution in [3.8, 4) is 5.75 Å². The van der Waals surface area contributed by atoms with Crippen LogP contribution in [0.15, 0.2) is 35.3 Å². The average Bonchev–Trinajstić information content (AvgIpc) is 2.53. The van der Waals surface area contributed by atoms with Gasteiger partial charge in [-0.2, -0.15) is 0 Å². The third-order valence-electron chi connectivity index (χ3n) is 3.23. The minimum atomic E-state index is -2.93. The van der Waals surface area contributed by atoms with E-state index in [1.807, 2.05) is 44.2 Å². The SMILES string of the molecule is CCNC(=NCCCOc1ccccc1)NC(C)CCS(C)(=O)=O. The van der Waals surface area contributed by atoms with Crippen LogP contribution in [0.25, 0.3) is 0 Å². The van der Waals surface area contributed by atoms with E-state index in [-0.39, 0.29) is 11.8 Å². The number of para-hydroxylation sites is 1. The third-order valence-corrected chi connectivity index (χ3v) is 4.21. The zero-order valence-electron chi connectivity index (χ0n) is 14.8. The van der Waals surface area contributed by atoms with Gasteiger partial charge in [-0.05, 0) is 32.4 Å². The number of benzene rings is 1. The van der Waals surface area contributed by atoms with Gasteiger partial charge in [-0.15, -0.1) is 0 Å². The van der Waals surface area contributed by atoms with Crippen molar-refractivity contribution in [2.24, 2.45) is 4.99 Å². The Morgan fingerprint density at radius 3 is 2.62 bits per heavy atom.